The number of likely N-dealkylation sites (tertiary alicyclic amines) is 1. The Labute approximate surface area is 169 Å². The molecule has 148 valence electrons. The fourth-order valence-electron chi connectivity index (χ4n) is 3.27. The molecule has 4 rings (SSSR count). The van der Waals surface area contributed by atoms with E-state index in [0.29, 0.717) is 35.8 Å². The van der Waals surface area contributed by atoms with Crippen molar-refractivity contribution in [2.45, 2.75) is 12.8 Å². The van der Waals surface area contributed by atoms with Gasteiger partial charge in [0.2, 0.25) is 0 Å². The number of hydrogen-bond donors (Lipinski definition) is 0. The first kappa shape index (κ1) is 19.3. The highest BCUT2D eigenvalue weighted by atomic mass is 32.1. The van der Waals surface area contributed by atoms with Gasteiger partial charge in [0.05, 0.1) is 4.88 Å². The van der Waals surface area contributed by atoms with Crippen molar-refractivity contribution >= 4 is 23.0 Å². The zero-order valence-corrected chi connectivity index (χ0v) is 16.0. The predicted molar refractivity (Wildman–Crippen MR) is 102 cm³/mol. The maximum absolute atomic E-state index is 13.9. The lowest BCUT2D eigenvalue weighted by Crippen LogP contribution is -2.40. The van der Waals surface area contributed by atoms with E-state index < -0.39 is 11.6 Å². The molecule has 0 atom stereocenters. The molecule has 1 saturated heterocycles. The second-order valence-electron chi connectivity index (χ2n) is 6.65. The zero-order valence-electron chi connectivity index (χ0n) is 15.2. The average Bonchev–Trinajstić information content (AvgIpc) is 3.23. The van der Waals surface area contributed by atoms with E-state index >= 15 is 0 Å². The number of amides is 1. The van der Waals surface area contributed by atoms with Crippen LogP contribution in [0.4, 0.5) is 8.78 Å². The molecule has 3 aromatic heterocycles. The summed E-state index contributed by atoms with van der Waals surface area (Å²) in [5.41, 5.74) is 0.226. The van der Waals surface area contributed by atoms with Crippen molar-refractivity contribution in [3.05, 3.63) is 65.2 Å². The minimum absolute atomic E-state index is 0.0525. The molecule has 3 aromatic rings. The SMILES string of the molecule is O=C(c1ncc(-c2ncccc2F)s1)C1CCN(C(=O)c2cc(F)ccn2)CC1. The maximum atomic E-state index is 13.9. The molecule has 0 aromatic carbocycles. The largest absolute Gasteiger partial charge is 0.337 e. The molecule has 0 aliphatic carbocycles. The Morgan fingerprint density at radius 3 is 2.59 bits per heavy atom. The third-order valence-electron chi connectivity index (χ3n) is 4.80. The summed E-state index contributed by atoms with van der Waals surface area (Å²) >= 11 is 1.11. The van der Waals surface area contributed by atoms with Gasteiger partial charge in [0.25, 0.3) is 5.91 Å². The number of Topliss-reactive ketones (excluding diaryl/α,β-unsaturated/α-hetero) is 1. The minimum Gasteiger partial charge on any atom is -0.337 e. The van der Waals surface area contributed by atoms with E-state index in [1.54, 1.807) is 4.90 Å². The summed E-state index contributed by atoms with van der Waals surface area (Å²) in [7, 11) is 0. The Hall–Kier alpha value is -3.07. The first-order valence-electron chi connectivity index (χ1n) is 9.04. The molecule has 1 aliphatic rings. The quantitative estimate of drug-likeness (QED) is 0.610. The number of ketones is 1. The summed E-state index contributed by atoms with van der Waals surface area (Å²) in [6, 6.07) is 5.10. The fraction of sp³-hybridized carbons (Fsp3) is 0.250. The van der Waals surface area contributed by atoms with E-state index in [9.17, 15) is 18.4 Å². The van der Waals surface area contributed by atoms with E-state index in [0.717, 1.165) is 17.4 Å². The molecule has 0 spiro atoms. The first-order valence-corrected chi connectivity index (χ1v) is 9.86. The van der Waals surface area contributed by atoms with E-state index in [4.69, 9.17) is 0 Å². The molecule has 0 bridgehead atoms. The second kappa shape index (κ2) is 8.12. The van der Waals surface area contributed by atoms with Gasteiger partial charge in [0.15, 0.2) is 10.8 Å². The van der Waals surface area contributed by atoms with Crippen molar-refractivity contribution in [2.24, 2.45) is 5.92 Å². The van der Waals surface area contributed by atoms with Crippen LogP contribution in [-0.2, 0) is 0 Å². The summed E-state index contributed by atoms with van der Waals surface area (Å²) in [4.78, 5) is 39.4. The molecule has 9 heteroatoms. The van der Waals surface area contributed by atoms with Crippen LogP contribution in [0, 0.1) is 17.6 Å². The van der Waals surface area contributed by atoms with Gasteiger partial charge in [-0.2, -0.15) is 0 Å². The number of hydrogen-bond acceptors (Lipinski definition) is 6. The van der Waals surface area contributed by atoms with Crippen LogP contribution in [0.25, 0.3) is 10.6 Å². The minimum atomic E-state index is -0.516. The van der Waals surface area contributed by atoms with Crippen molar-refractivity contribution in [1.82, 2.24) is 19.9 Å². The number of aromatic nitrogens is 3. The van der Waals surface area contributed by atoms with E-state index in [1.165, 1.54) is 36.8 Å². The van der Waals surface area contributed by atoms with Crippen molar-refractivity contribution in [3.8, 4) is 10.6 Å². The van der Waals surface area contributed by atoms with Crippen LogP contribution in [0.5, 0.6) is 0 Å². The highest BCUT2D eigenvalue weighted by Crippen LogP contribution is 2.30. The van der Waals surface area contributed by atoms with Gasteiger partial charge >= 0.3 is 0 Å². The third-order valence-corrected chi connectivity index (χ3v) is 5.82. The number of thiazole rings is 1. The van der Waals surface area contributed by atoms with Crippen molar-refractivity contribution < 1.29 is 18.4 Å². The molecule has 1 aliphatic heterocycles. The van der Waals surface area contributed by atoms with Gasteiger partial charge in [-0.15, -0.1) is 11.3 Å². The summed E-state index contributed by atoms with van der Waals surface area (Å²) in [5, 5.41) is 0.307. The molecule has 6 nitrogen and oxygen atoms in total. The summed E-state index contributed by atoms with van der Waals surface area (Å²) in [5.74, 6) is -1.72. The van der Waals surface area contributed by atoms with Crippen LogP contribution < -0.4 is 0 Å². The predicted octanol–water partition coefficient (Wildman–Crippen LogP) is 3.61. The van der Waals surface area contributed by atoms with Gasteiger partial charge in [0.1, 0.15) is 23.0 Å². The van der Waals surface area contributed by atoms with Crippen molar-refractivity contribution in [3.63, 3.8) is 0 Å². The molecule has 29 heavy (non-hydrogen) atoms. The van der Waals surface area contributed by atoms with Crippen LogP contribution in [0.15, 0.2) is 42.9 Å². The molecule has 1 amide bonds. The Balaban J connectivity index is 1.41. The number of rotatable bonds is 4. The first-order chi connectivity index (χ1) is 14.0. The smallest absolute Gasteiger partial charge is 0.272 e. The number of nitrogens with zero attached hydrogens (tertiary/aromatic N) is 4. The normalized spacial score (nSPS) is 14.8. The van der Waals surface area contributed by atoms with Crippen LogP contribution in [0.1, 0.15) is 33.1 Å². The van der Waals surface area contributed by atoms with Crippen molar-refractivity contribution in [1.29, 1.82) is 0 Å². The molecule has 4 heterocycles. The molecule has 0 saturated carbocycles. The van der Waals surface area contributed by atoms with Crippen LogP contribution in [-0.4, -0.2) is 44.6 Å². The molecule has 1 fully saturated rings. The lowest BCUT2D eigenvalue weighted by atomic mass is 9.92. The summed E-state index contributed by atoms with van der Waals surface area (Å²) in [6.45, 7) is 0.751. The Kier molecular flexibility index (Phi) is 5.39. The summed E-state index contributed by atoms with van der Waals surface area (Å²) in [6.07, 6.45) is 5.15. The van der Waals surface area contributed by atoms with Gasteiger partial charge in [-0.3, -0.25) is 19.6 Å². The van der Waals surface area contributed by atoms with E-state index in [-0.39, 0.29) is 29.0 Å². The van der Waals surface area contributed by atoms with Gasteiger partial charge in [0, 0.05) is 43.7 Å². The molecule has 0 N–H and O–H groups in total. The van der Waals surface area contributed by atoms with Crippen LogP contribution in [0.2, 0.25) is 0 Å². The Bertz CT molecular complexity index is 1060. The van der Waals surface area contributed by atoms with Crippen LogP contribution >= 0.6 is 11.3 Å². The molecular formula is C20H16F2N4O2S. The lowest BCUT2D eigenvalue weighted by molar-refractivity contribution is 0.0645. The maximum Gasteiger partial charge on any atom is 0.272 e. The number of carbonyl (C=O) groups is 2. The number of piperidine rings is 1. The highest BCUT2D eigenvalue weighted by Gasteiger charge is 2.30. The second-order valence-corrected chi connectivity index (χ2v) is 7.68. The van der Waals surface area contributed by atoms with Crippen LogP contribution in [0.3, 0.4) is 0 Å². The van der Waals surface area contributed by atoms with Gasteiger partial charge in [-0.25, -0.2) is 13.8 Å². The topological polar surface area (TPSA) is 76.1 Å². The number of pyridine rings is 2. The van der Waals surface area contributed by atoms with Crippen molar-refractivity contribution in [2.75, 3.05) is 13.1 Å². The monoisotopic (exact) mass is 414 g/mol. The fourth-order valence-corrected chi connectivity index (χ4v) is 4.20. The number of halogens is 2. The van der Waals surface area contributed by atoms with E-state index in [1.807, 2.05) is 0 Å². The standard InChI is InChI=1S/C20H16F2N4O2S/c21-13-3-7-23-15(10-13)20(28)26-8-4-12(5-9-26)18(27)19-25-11-16(29-19)17-14(22)2-1-6-24-17/h1-3,6-7,10-12H,4-5,8-9H2. The Morgan fingerprint density at radius 2 is 1.86 bits per heavy atom. The van der Waals surface area contributed by atoms with Gasteiger partial charge in [-0.05, 0) is 31.0 Å². The lowest BCUT2D eigenvalue weighted by Gasteiger charge is -2.30. The molecular weight excluding hydrogens is 398 g/mol. The Morgan fingerprint density at radius 1 is 1.07 bits per heavy atom. The summed E-state index contributed by atoms with van der Waals surface area (Å²) < 4.78 is 27.2. The highest BCUT2D eigenvalue weighted by molar-refractivity contribution is 7.17. The zero-order chi connectivity index (χ0) is 20.4. The molecule has 0 unspecified atom stereocenters. The third kappa shape index (κ3) is 4.04. The van der Waals surface area contributed by atoms with Gasteiger partial charge < -0.3 is 4.90 Å². The van der Waals surface area contributed by atoms with Gasteiger partial charge in [-0.1, -0.05) is 0 Å². The molecule has 0 radical (unpaired) electrons. The number of carbonyl (C=O) groups excluding carboxylic acids is 2. The average molecular weight is 414 g/mol. The van der Waals surface area contributed by atoms with E-state index in [2.05, 4.69) is 15.0 Å².